The zero-order chi connectivity index (χ0) is 18.8. The van der Waals surface area contributed by atoms with Crippen LogP contribution in [-0.4, -0.2) is 11.9 Å². The molecular weight excluding hydrogens is 330 g/mol. The minimum Gasteiger partial charge on any atom is -0.348 e. The number of nitrogens with one attached hydrogen (secondary N) is 1. The molecule has 3 heteroatoms. The molecule has 0 bridgehead atoms. The van der Waals surface area contributed by atoms with Crippen LogP contribution in [0.1, 0.15) is 58.9 Å². The highest BCUT2D eigenvalue weighted by Gasteiger charge is 2.28. The molecule has 0 spiro atoms. The zero-order valence-electron chi connectivity index (χ0n) is 16.2. The molecule has 0 aliphatic rings. The first-order valence-corrected chi connectivity index (χ1v) is 9.97. The summed E-state index contributed by atoms with van der Waals surface area (Å²) >= 11 is 6.18. The van der Waals surface area contributed by atoms with Gasteiger partial charge in [0.2, 0.25) is 5.91 Å². The van der Waals surface area contributed by atoms with Gasteiger partial charge >= 0.3 is 0 Å². The summed E-state index contributed by atoms with van der Waals surface area (Å²) in [6, 6.07) is 9.83. The molecule has 1 aromatic rings. The summed E-state index contributed by atoms with van der Waals surface area (Å²) in [5, 5.41) is 3.60. The quantitative estimate of drug-likeness (QED) is 0.516. The zero-order valence-corrected chi connectivity index (χ0v) is 17.0. The number of rotatable bonds is 11. The fourth-order valence-corrected chi connectivity index (χ4v) is 3.71. The smallest absolute Gasteiger partial charge is 0.223 e. The standard InChI is InChI=1S/C22H34ClNO/c1-6-8-12-16(3)20(7-2)17(4)22(25)24-21(18(5)23)15-19-13-10-9-11-14-19/h9-11,13-14,16-17,20-21H,5-8,12,15H2,1-4H3,(H,24,25). The molecule has 4 atom stereocenters. The Morgan fingerprint density at radius 1 is 1.20 bits per heavy atom. The minimum atomic E-state index is -0.234. The Kier molecular flexibility index (Phi) is 9.89. The van der Waals surface area contributed by atoms with Crippen molar-refractivity contribution in [3.8, 4) is 0 Å². The number of carbonyl (C=O) groups excluding carboxylic acids is 1. The SMILES string of the molecule is C=C(Cl)C(Cc1ccccc1)NC(=O)C(C)C(CC)C(C)CCCC. The molecule has 0 aliphatic heterocycles. The molecule has 25 heavy (non-hydrogen) atoms. The van der Waals surface area contributed by atoms with E-state index in [1.54, 1.807) is 0 Å². The number of halogens is 1. The molecule has 1 N–H and O–H groups in total. The molecular formula is C22H34ClNO. The molecule has 1 rings (SSSR count). The van der Waals surface area contributed by atoms with Crippen molar-refractivity contribution in [2.45, 2.75) is 65.8 Å². The Balaban J connectivity index is 2.72. The van der Waals surface area contributed by atoms with E-state index in [4.69, 9.17) is 11.6 Å². The molecule has 1 aromatic carbocycles. The van der Waals surface area contributed by atoms with Crippen LogP contribution in [0.15, 0.2) is 41.9 Å². The summed E-state index contributed by atoms with van der Waals surface area (Å²) in [5.41, 5.74) is 1.14. The van der Waals surface area contributed by atoms with E-state index in [0.717, 1.165) is 12.0 Å². The van der Waals surface area contributed by atoms with Crippen LogP contribution in [-0.2, 0) is 11.2 Å². The normalized spacial score (nSPS) is 15.9. The van der Waals surface area contributed by atoms with Gasteiger partial charge in [-0.05, 0) is 23.8 Å². The molecule has 0 saturated heterocycles. The number of amides is 1. The molecule has 0 aliphatic carbocycles. The third-order valence-corrected chi connectivity index (χ3v) is 5.51. The van der Waals surface area contributed by atoms with Gasteiger partial charge in [-0.1, -0.05) is 102 Å². The van der Waals surface area contributed by atoms with Crippen molar-refractivity contribution < 1.29 is 4.79 Å². The highest BCUT2D eigenvalue weighted by Crippen LogP contribution is 2.29. The third-order valence-electron chi connectivity index (χ3n) is 5.25. The second-order valence-electron chi connectivity index (χ2n) is 7.18. The molecule has 2 nitrogen and oxygen atoms in total. The Labute approximate surface area is 159 Å². The van der Waals surface area contributed by atoms with Gasteiger partial charge in [0.25, 0.3) is 0 Å². The van der Waals surface area contributed by atoms with Gasteiger partial charge in [-0.15, -0.1) is 0 Å². The van der Waals surface area contributed by atoms with Crippen molar-refractivity contribution in [3.63, 3.8) is 0 Å². The average molecular weight is 364 g/mol. The highest BCUT2D eigenvalue weighted by molar-refractivity contribution is 6.30. The summed E-state index contributed by atoms with van der Waals surface area (Å²) in [6.45, 7) is 12.6. The van der Waals surface area contributed by atoms with Crippen LogP contribution >= 0.6 is 11.6 Å². The first-order chi connectivity index (χ1) is 11.9. The molecule has 4 unspecified atom stereocenters. The molecule has 0 radical (unpaired) electrons. The van der Waals surface area contributed by atoms with Crippen molar-refractivity contribution in [3.05, 3.63) is 47.5 Å². The van der Waals surface area contributed by atoms with Crippen LogP contribution in [0.4, 0.5) is 0 Å². The molecule has 1 amide bonds. The lowest BCUT2D eigenvalue weighted by Crippen LogP contribution is -2.42. The van der Waals surface area contributed by atoms with Crippen LogP contribution in [0.3, 0.4) is 0 Å². The van der Waals surface area contributed by atoms with E-state index in [-0.39, 0.29) is 17.9 Å². The lowest BCUT2D eigenvalue weighted by molar-refractivity contribution is -0.127. The summed E-state index contributed by atoms with van der Waals surface area (Å²) < 4.78 is 0. The van der Waals surface area contributed by atoms with E-state index >= 15 is 0 Å². The topological polar surface area (TPSA) is 29.1 Å². The van der Waals surface area contributed by atoms with Gasteiger partial charge in [-0.25, -0.2) is 0 Å². The van der Waals surface area contributed by atoms with Gasteiger partial charge in [0.05, 0.1) is 6.04 Å². The fourth-order valence-electron chi connectivity index (χ4n) is 3.58. The van der Waals surface area contributed by atoms with Crippen molar-refractivity contribution in [2.24, 2.45) is 17.8 Å². The van der Waals surface area contributed by atoms with E-state index in [9.17, 15) is 4.79 Å². The van der Waals surface area contributed by atoms with Crippen molar-refractivity contribution in [2.75, 3.05) is 0 Å². The highest BCUT2D eigenvalue weighted by atomic mass is 35.5. The monoisotopic (exact) mass is 363 g/mol. The largest absolute Gasteiger partial charge is 0.348 e. The van der Waals surface area contributed by atoms with Crippen LogP contribution in [0, 0.1) is 17.8 Å². The van der Waals surface area contributed by atoms with Crippen molar-refractivity contribution in [1.82, 2.24) is 5.32 Å². The molecule has 140 valence electrons. The van der Waals surface area contributed by atoms with E-state index in [1.165, 1.54) is 19.3 Å². The van der Waals surface area contributed by atoms with Crippen LogP contribution in [0.2, 0.25) is 0 Å². The number of unbranched alkanes of at least 4 members (excludes halogenated alkanes) is 1. The summed E-state index contributed by atoms with van der Waals surface area (Å²) in [6.07, 6.45) is 5.30. The maximum atomic E-state index is 12.8. The van der Waals surface area contributed by atoms with Gasteiger partial charge in [-0.2, -0.15) is 0 Å². The van der Waals surface area contributed by atoms with Crippen LogP contribution in [0.5, 0.6) is 0 Å². The molecule has 0 saturated carbocycles. The lowest BCUT2D eigenvalue weighted by atomic mass is 9.78. The van der Waals surface area contributed by atoms with Gasteiger partial charge < -0.3 is 5.32 Å². The van der Waals surface area contributed by atoms with Crippen LogP contribution in [0.25, 0.3) is 0 Å². The average Bonchev–Trinajstić information content (AvgIpc) is 2.60. The first kappa shape index (κ1) is 21.8. The second kappa shape index (κ2) is 11.4. The maximum absolute atomic E-state index is 12.8. The van der Waals surface area contributed by atoms with E-state index in [2.05, 4.69) is 32.7 Å². The number of carbonyl (C=O) groups is 1. The van der Waals surface area contributed by atoms with E-state index in [0.29, 0.717) is 23.3 Å². The van der Waals surface area contributed by atoms with E-state index < -0.39 is 0 Å². The first-order valence-electron chi connectivity index (χ1n) is 9.59. The molecule has 0 aromatic heterocycles. The number of hydrogen-bond donors (Lipinski definition) is 1. The fraction of sp³-hybridized carbons (Fsp3) is 0.591. The second-order valence-corrected chi connectivity index (χ2v) is 7.66. The third kappa shape index (κ3) is 7.23. The molecule has 0 heterocycles. The predicted octanol–water partition coefficient (Wildman–Crippen LogP) is 5.96. The summed E-state index contributed by atoms with van der Waals surface area (Å²) in [5.74, 6) is 1.01. The summed E-state index contributed by atoms with van der Waals surface area (Å²) in [4.78, 5) is 12.8. The Bertz CT molecular complexity index is 528. The van der Waals surface area contributed by atoms with Crippen molar-refractivity contribution in [1.29, 1.82) is 0 Å². The lowest BCUT2D eigenvalue weighted by Gasteiger charge is -2.29. The minimum absolute atomic E-state index is 0.0221. The Morgan fingerprint density at radius 2 is 1.84 bits per heavy atom. The summed E-state index contributed by atoms with van der Waals surface area (Å²) in [7, 11) is 0. The van der Waals surface area contributed by atoms with Gasteiger partial charge in [-0.3, -0.25) is 4.79 Å². The Morgan fingerprint density at radius 3 is 2.36 bits per heavy atom. The van der Waals surface area contributed by atoms with Crippen molar-refractivity contribution >= 4 is 17.5 Å². The number of hydrogen-bond acceptors (Lipinski definition) is 1. The van der Waals surface area contributed by atoms with Crippen LogP contribution < -0.4 is 5.32 Å². The van der Waals surface area contributed by atoms with Gasteiger partial charge in [0.15, 0.2) is 0 Å². The van der Waals surface area contributed by atoms with Gasteiger partial charge in [0.1, 0.15) is 0 Å². The van der Waals surface area contributed by atoms with E-state index in [1.807, 2.05) is 37.3 Å². The predicted molar refractivity (Wildman–Crippen MR) is 109 cm³/mol. The molecule has 0 fully saturated rings. The number of benzene rings is 1. The maximum Gasteiger partial charge on any atom is 0.223 e. The Hall–Kier alpha value is -1.28. The van der Waals surface area contributed by atoms with Gasteiger partial charge in [0, 0.05) is 11.0 Å².